The Balaban J connectivity index is 2.44. The Morgan fingerprint density at radius 2 is 0.929 bits per heavy atom. The summed E-state index contributed by atoms with van der Waals surface area (Å²) in [7, 11) is 3.71. The van der Waals surface area contributed by atoms with Crippen LogP contribution in [0.4, 0.5) is 11.4 Å². The van der Waals surface area contributed by atoms with Gasteiger partial charge in [0.2, 0.25) is 0 Å². The van der Waals surface area contributed by atoms with Crippen LogP contribution in [0.5, 0.6) is 0 Å². The molecule has 2 aromatic carbocycles. The molecule has 0 aliphatic heterocycles. The average molecular weight is 608 g/mol. The van der Waals surface area contributed by atoms with Crippen LogP contribution in [0.15, 0.2) is 24.3 Å². The zero-order valence-corrected chi connectivity index (χ0v) is 22.5. The van der Waals surface area contributed by atoms with Gasteiger partial charge < -0.3 is 0 Å². The van der Waals surface area contributed by atoms with Gasteiger partial charge in [-0.25, -0.2) is 0 Å². The van der Waals surface area contributed by atoms with Crippen LogP contribution in [-0.4, -0.2) is 60.0 Å². The van der Waals surface area contributed by atoms with Crippen molar-refractivity contribution < 1.29 is 9.59 Å². The van der Waals surface area contributed by atoms with Gasteiger partial charge in [-0.15, -0.1) is 0 Å². The fraction of sp³-hybridized carbons (Fsp3) is 0.364. The molecule has 0 aromatic heterocycles. The molecule has 0 bridgehead atoms. The number of amides is 2. The number of aryl methyl sites for hydroxylation is 4. The number of hydrogen-bond acceptors (Lipinski definition) is 2. The van der Waals surface area contributed by atoms with E-state index in [2.05, 4.69) is 52.0 Å². The third kappa shape index (κ3) is 5.31. The molecule has 0 spiro atoms. The first kappa shape index (κ1) is 23.2. The second-order valence-electron chi connectivity index (χ2n) is 7.13. The summed E-state index contributed by atoms with van der Waals surface area (Å²) in [6.07, 6.45) is 0. The summed E-state index contributed by atoms with van der Waals surface area (Å²) in [5, 5.41) is 0. The number of anilines is 2. The molecule has 0 aliphatic carbocycles. The summed E-state index contributed by atoms with van der Waals surface area (Å²) in [4.78, 5) is 27.5. The van der Waals surface area contributed by atoms with Gasteiger partial charge in [-0.2, -0.15) is 0 Å². The van der Waals surface area contributed by atoms with Crippen LogP contribution in [0.25, 0.3) is 0 Å². The molecular weight excluding hydrogens is 579 g/mol. The molecule has 28 heavy (non-hydrogen) atoms. The predicted molar refractivity (Wildman–Crippen MR) is 121 cm³/mol. The number of hydrogen-bond donors (Lipinski definition) is 0. The Morgan fingerprint density at radius 3 is 1.21 bits per heavy atom. The van der Waals surface area contributed by atoms with Crippen molar-refractivity contribution in [1.29, 1.82) is 0 Å². The fourth-order valence-electron chi connectivity index (χ4n) is 2.64. The van der Waals surface area contributed by atoms with E-state index in [1.54, 1.807) is 23.6 Å². The summed E-state index contributed by atoms with van der Waals surface area (Å²) < 4.78 is 2.67. The molecule has 2 rings (SSSR count). The Hall–Kier alpha value is -1.04. The van der Waals surface area contributed by atoms with E-state index in [4.69, 9.17) is 0 Å². The molecule has 0 heterocycles. The molecule has 2 amide bonds. The van der Waals surface area contributed by atoms with Crippen molar-refractivity contribution in [1.82, 2.24) is 0 Å². The second kappa shape index (κ2) is 9.64. The quantitative estimate of drug-likeness (QED) is 0.490. The van der Waals surface area contributed by atoms with Gasteiger partial charge in [0, 0.05) is 0 Å². The minimum atomic E-state index is -0.463. The molecule has 0 unspecified atom stereocenters. The van der Waals surface area contributed by atoms with Crippen molar-refractivity contribution in [3.05, 3.63) is 46.5 Å². The maximum absolute atomic E-state index is 12.0. The van der Waals surface area contributed by atoms with Crippen LogP contribution in [0.1, 0.15) is 36.1 Å². The molecule has 4 nitrogen and oxygen atoms in total. The van der Waals surface area contributed by atoms with Gasteiger partial charge in [0.1, 0.15) is 0 Å². The van der Waals surface area contributed by atoms with Crippen LogP contribution in [0.2, 0.25) is 0 Å². The normalized spacial score (nSPS) is 10.7. The fourth-order valence-corrected chi connectivity index (χ4v) is 14.6. The van der Waals surface area contributed by atoms with Gasteiger partial charge in [0.05, 0.1) is 0 Å². The summed E-state index contributed by atoms with van der Waals surface area (Å²) in [5.41, 5.74) is 7.07. The van der Waals surface area contributed by atoms with Gasteiger partial charge in [0.25, 0.3) is 0 Å². The first-order valence-corrected chi connectivity index (χ1v) is 18.7. The molecule has 0 atom stereocenters. The van der Waals surface area contributed by atoms with Gasteiger partial charge in [-0.1, -0.05) is 0 Å². The summed E-state index contributed by atoms with van der Waals surface area (Å²) in [6.45, 7) is 11.7. The van der Waals surface area contributed by atoms with E-state index in [0.29, 0.717) is 0 Å². The summed E-state index contributed by atoms with van der Waals surface area (Å²) >= 11 is -0.927. The van der Waals surface area contributed by atoms with Crippen molar-refractivity contribution in [3.63, 3.8) is 0 Å². The molecule has 0 saturated carbocycles. The molecule has 2 aromatic rings. The average Bonchev–Trinajstić information content (AvgIpc) is 2.63. The van der Waals surface area contributed by atoms with Crippen LogP contribution in [0, 0.1) is 27.7 Å². The van der Waals surface area contributed by atoms with E-state index in [9.17, 15) is 9.59 Å². The zero-order valence-electron chi connectivity index (χ0n) is 17.8. The second-order valence-corrected chi connectivity index (χ2v) is 17.0. The number of benzene rings is 2. The SMILES string of the molecule is CC(=O)N(C)c1cc(C)c(C)cc1[Te][Te]c1cc(C)c(C)cc1N(C)C(C)=O. The predicted octanol–water partition coefficient (Wildman–Crippen LogP) is 2.16. The van der Waals surface area contributed by atoms with E-state index < -0.39 is 34.1 Å². The first-order chi connectivity index (χ1) is 13.0. The number of rotatable bonds is 5. The molecular formula is C22H28N2O2Te2. The van der Waals surface area contributed by atoms with E-state index in [0.717, 1.165) is 11.4 Å². The molecule has 0 N–H and O–H groups in total. The summed E-state index contributed by atoms with van der Waals surface area (Å²) in [5.74, 6) is 0.112. The van der Waals surface area contributed by atoms with Crippen LogP contribution in [0.3, 0.4) is 0 Å². The number of carbonyl (C=O) groups excluding carboxylic acids is 2. The first-order valence-electron chi connectivity index (χ1n) is 9.08. The van der Waals surface area contributed by atoms with Crippen molar-refractivity contribution >= 4 is 64.5 Å². The molecule has 0 radical (unpaired) electrons. The molecule has 0 aliphatic rings. The van der Waals surface area contributed by atoms with Crippen molar-refractivity contribution in [2.45, 2.75) is 41.5 Å². The topological polar surface area (TPSA) is 40.6 Å². The zero-order chi connectivity index (χ0) is 21.2. The third-order valence-corrected chi connectivity index (χ3v) is 16.6. The Bertz CT molecular complexity index is 850. The monoisotopic (exact) mass is 612 g/mol. The molecule has 6 heteroatoms. The van der Waals surface area contributed by atoms with Crippen molar-refractivity contribution in [2.75, 3.05) is 23.9 Å². The Kier molecular flexibility index (Phi) is 8.00. The van der Waals surface area contributed by atoms with Crippen LogP contribution in [-0.2, 0) is 9.59 Å². The third-order valence-electron chi connectivity index (χ3n) is 5.04. The molecule has 0 fully saturated rings. The van der Waals surface area contributed by atoms with Gasteiger partial charge in [-0.05, 0) is 0 Å². The van der Waals surface area contributed by atoms with E-state index in [1.807, 2.05) is 14.1 Å². The molecule has 0 saturated heterocycles. The number of nitrogens with zero attached hydrogens (tertiary/aromatic N) is 2. The van der Waals surface area contributed by atoms with Gasteiger partial charge in [0.15, 0.2) is 0 Å². The van der Waals surface area contributed by atoms with Crippen molar-refractivity contribution in [3.8, 4) is 0 Å². The van der Waals surface area contributed by atoms with Gasteiger partial charge >= 0.3 is 186 Å². The summed E-state index contributed by atoms with van der Waals surface area (Å²) in [6, 6.07) is 8.83. The van der Waals surface area contributed by atoms with E-state index >= 15 is 0 Å². The van der Waals surface area contributed by atoms with Crippen LogP contribution >= 0.6 is 0 Å². The Labute approximate surface area is 185 Å². The van der Waals surface area contributed by atoms with Crippen molar-refractivity contribution in [2.24, 2.45) is 0 Å². The number of carbonyl (C=O) groups is 2. The van der Waals surface area contributed by atoms with Gasteiger partial charge in [-0.3, -0.25) is 0 Å². The van der Waals surface area contributed by atoms with E-state index in [-0.39, 0.29) is 11.8 Å². The minimum absolute atomic E-state index is 0.0562. The van der Waals surface area contributed by atoms with E-state index in [1.165, 1.54) is 29.5 Å². The maximum atomic E-state index is 12.0. The van der Waals surface area contributed by atoms with Crippen LogP contribution < -0.4 is 17.0 Å². The molecule has 150 valence electrons. The Morgan fingerprint density at radius 1 is 0.643 bits per heavy atom. The standard InChI is InChI=1S/C22H28N2O2Te2/c1-13-9-19(23(7)17(5)25)21(11-15(13)3)27-28-22-12-16(4)14(2)10-20(22)24(8)18(6)26/h9-12H,1-8H3.